The van der Waals surface area contributed by atoms with Crippen molar-refractivity contribution in [3.05, 3.63) is 35.9 Å². The van der Waals surface area contributed by atoms with Crippen molar-refractivity contribution >= 4 is 0 Å². The van der Waals surface area contributed by atoms with Gasteiger partial charge in [-0.3, -0.25) is 0 Å². The number of quaternary nitrogens is 1. The zero-order chi connectivity index (χ0) is 17.3. The van der Waals surface area contributed by atoms with E-state index in [0.717, 1.165) is 0 Å². The molecule has 0 radical (unpaired) electrons. The molecule has 1 aromatic carbocycles. The van der Waals surface area contributed by atoms with Crippen molar-refractivity contribution < 1.29 is 17.3 Å². The van der Waals surface area contributed by atoms with Gasteiger partial charge in [0, 0.05) is 6.42 Å². The number of hydrogen-bond acceptors (Lipinski definition) is 0. The van der Waals surface area contributed by atoms with Gasteiger partial charge in [0.15, 0.2) is 0 Å². The largest absolute Gasteiger partial charge is 1.00 e. The maximum atomic E-state index is 2.35. The number of likely N-dealkylation sites (N-methyl/N-ethyl adjacent to an activating group) is 1. The predicted molar refractivity (Wildman–Crippen MR) is 108 cm³/mol. The van der Waals surface area contributed by atoms with Crippen LogP contribution in [0.1, 0.15) is 89.5 Å². The molecule has 0 saturated heterocycles. The van der Waals surface area contributed by atoms with Crippen LogP contribution in [0, 0.1) is 0 Å². The molecular formula is C23H42ClN. The third kappa shape index (κ3) is 15.4. The van der Waals surface area contributed by atoms with Crippen LogP contribution in [-0.4, -0.2) is 20.1 Å². The number of nitrogens with one attached hydrogen (secondary N) is 1. The highest BCUT2D eigenvalue weighted by Crippen LogP contribution is 2.11. The first-order chi connectivity index (χ1) is 11.8. The molecule has 0 saturated carbocycles. The van der Waals surface area contributed by atoms with E-state index in [1.165, 1.54) is 102 Å². The Morgan fingerprint density at radius 3 is 1.64 bits per heavy atom. The highest BCUT2D eigenvalue weighted by atomic mass is 35.5. The van der Waals surface area contributed by atoms with Crippen molar-refractivity contribution in [1.82, 2.24) is 0 Å². The fourth-order valence-electron chi connectivity index (χ4n) is 3.40. The molecule has 0 amide bonds. The molecule has 1 rings (SSSR count). The van der Waals surface area contributed by atoms with Crippen molar-refractivity contribution in [1.29, 1.82) is 0 Å². The first kappa shape index (κ1) is 24.5. The van der Waals surface area contributed by atoms with E-state index < -0.39 is 0 Å². The molecule has 0 bridgehead atoms. The highest BCUT2D eigenvalue weighted by molar-refractivity contribution is 5.14. The number of benzene rings is 1. The van der Waals surface area contributed by atoms with Crippen LogP contribution in [0.15, 0.2) is 30.3 Å². The van der Waals surface area contributed by atoms with Crippen molar-refractivity contribution in [2.24, 2.45) is 0 Å². The highest BCUT2D eigenvalue weighted by Gasteiger charge is 2.02. The van der Waals surface area contributed by atoms with Gasteiger partial charge in [-0.2, -0.15) is 0 Å². The second-order valence-electron chi connectivity index (χ2n) is 7.58. The number of halogens is 1. The molecule has 2 heteroatoms. The van der Waals surface area contributed by atoms with Crippen molar-refractivity contribution in [2.75, 3.05) is 20.1 Å². The lowest BCUT2D eigenvalue weighted by Crippen LogP contribution is -3.09. The molecule has 0 heterocycles. The summed E-state index contributed by atoms with van der Waals surface area (Å²) in [6, 6.07) is 10.9. The molecular weight excluding hydrogens is 326 g/mol. The number of hydrogen-bond donors (Lipinski definition) is 1. The van der Waals surface area contributed by atoms with Crippen LogP contribution in [-0.2, 0) is 6.42 Å². The van der Waals surface area contributed by atoms with E-state index in [2.05, 4.69) is 44.3 Å². The van der Waals surface area contributed by atoms with Crippen LogP contribution in [0.5, 0.6) is 0 Å². The third-order valence-corrected chi connectivity index (χ3v) is 5.14. The average Bonchev–Trinajstić information content (AvgIpc) is 2.62. The quantitative estimate of drug-likeness (QED) is 0.428. The van der Waals surface area contributed by atoms with E-state index in [-0.39, 0.29) is 12.4 Å². The summed E-state index contributed by atoms with van der Waals surface area (Å²) in [7, 11) is 2.35. The summed E-state index contributed by atoms with van der Waals surface area (Å²) < 4.78 is 0. The predicted octanol–water partition coefficient (Wildman–Crippen LogP) is 2.45. The van der Waals surface area contributed by atoms with Crippen LogP contribution in [0.2, 0.25) is 0 Å². The van der Waals surface area contributed by atoms with Gasteiger partial charge in [-0.05, 0) is 18.4 Å². The summed E-state index contributed by atoms with van der Waals surface area (Å²) in [6.45, 7) is 4.90. The summed E-state index contributed by atoms with van der Waals surface area (Å²) in [5.41, 5.74) is 1.48. The maximum absolute atomic E-state index is 2.35. The van der Waals surface area contributed by atoms with E-state index in [4.69, 9.17) is 0 Å². The van der Waals surface area contributed by atoms with Crippen molar-refractivity contribution in [3.8, 4) is 0 Å². The lowest BCUT2D eigenvalue weighted by molar-refractivity contribution is -0.879. The fraction of sp³-hybridized carbons (Fsp3) is 0.739. The smallest absolute Gasteiger partial charge is 0.0809 e. The van der Waals surface area contributed by atoms with Gasteiger partial charge in [0.25, 0.3) is 0 Å². The maximum Gasteiger partial charge on any atom is 0.0809 e. The normalized spacial score (nSPS) is 11.9. The Morgan fingerprint density at radius 2 is 1.12 bits per heavy atom. The van der Waals surface area contributed by atoms with Crippen LogP contribution < -0.4 is 17.3 Å². The van der Waals surface area contributed by atoms with E-state index in [1.807, 2.05) is 0 Å². The Labute approximate surface area is 164 Å². The summed E-state index contributed by atoms with van der Waals surface area (Å²) in [4.78, 5) is 1.69. The molecule has 0 aromatic heterocycles. The first-order valence-electron chi connectivity index (χ1n) is 10.7. The van der Waals surface area contributed by atoms with E-state index in [9.17, 15) is 0 Å². The molecule has 1 N–H and O–H groups in total. The van der Waals surface area contributed by atoms with Crippen LogP contribution in [0.25, 0.3) is 0 Å². The third-order valence-electron chi connectivity index (χ3n) is 5.14. The molecule has 1 atom stereocenters. The van der Waals surface area contributed by atoms with Gasteiger partial charge in [-0.15, -0.1) is 0 Å². The monoisotopic (exact) mass is 367 g/mol. The second kappa shape index (κ2) is 18.3. The van der Waals surface area contributed by atoms with Gasteiger partial charge in [-0.1, -0.05) is 101 Å². The summed E-state index contributed by atoms with van der Waals surface area (Å²) in [5.74, 6) is 0. The van der Waals surface area contributed by atoms with Gasteiger partial charge in [-0.25, -0.2) is 0 Å². The Hall–Kier alpha value is -0.530. The van der Waals surface area contributed by atoms with Crippen molar-refractivity contribution in [2.45, 2.75) is 90.4 Å². The van der Waals surface area contributed by atoms with Gasteiger partial charge >= 0.3 is 0 Å². The van der Waals surface area contributed by atoms with Crippen molar-refractivity contribution in [3.63, 3.8) is 0 Å². The molecule has 1 unspecified atom stereocenters. The standard InChI is InChI=1S/C23H41N.ClH/c1-3-4-5-6-7-8-9-10-11-12-13-17-21-24(2)22-20-23-18-15-14-16-19-23;/h14-16,18-19H,3-13,17,20-22H2,1-2H3;1H. The average molecular weight is 368 g/mol. The van der Waals surface area contributed by atoms with Gasteiger partial charge in [0.2, 0.25) is 0 Å². The molecule has 0 aliphatic carbocycles. The zero-order valence-corrected chi connectivity index (χ0v) is 17.6. The molecule has 0 aliphatic rings. The summed E-state index contributed by atoms with van der Waals surface area (Å²) in [5, 5.41) is 0. The SMILES string of the molecule is CCCCCCCCCCCCCC[NH+](C)CCc1ccccc1.[Cl-]. The molecule has 146 valence electrons. The molecule has 0 spiro atoms. The van der Waals surface area contributed by atoms with E-state index in [1.54, 1.807) is 4.90 Å². The molecule has 1 nitrogen and oxygen atoms in total. The van der Waals surface area contributed by atoms with E-state index in [0.29, 0.717) is 0 Å². The van der Waals surface area contributed by atoms with E-state index >= 15 is 0 Å². The number of unbranched alkanes of at least 4 members (excludes halogenated alkanes) is 11. The molecule has 0 aliphatic heterocycles. The molecule has 1 aromatic rings. The first-order valence-corrected chi connectivity index (χ1v) is 10.7. The zero-order valence-electron chi connectivity index (χ0n) is 16.9. The second-order valence-corrected chi connectivity index (χ2v) is 7.58. The lowest BCUT2D eigenvalue weighted by atomic mass is 10.1. The van der Waals surface area contributed by atoms with Crippen LogP contribution >= 0.6 is 0 Å². The Bertz CT molecular complexity index is 366. The molecule has 25 heavy (non-hydrogen) atoms. The van der Waals surface area contributed by atoms with Crippen LogP contribution in [0.4, 0.5) is 0 Å². The fourth-order valence-corrected chi connectivity index (χ4v) is 3.40. The van der Waals surface area contributed by atoms with Crippen LogP contribution in [0.3, 0.4) is 0 Å². The molecule has 0 fully saturated rings. The minimum atomic E-state index is 0. The Balaban J connectivity index is 0.00000576. The summed E-state index contributed by atoms with van der Waals surface area (Å²) in [6.07, 6.45) is 18.5. The number of rotatable bonds is 16. The minimum absolute atomic E-state index is 0. The van der Waals surface area contributed by atoms with Gasteiger partial charge < -0.3 is 17.3 Å². The van der Waals surface area contributed by atoms with Gasteiger partial charge in [0.1, 0.15) is 0 Å². The lowest BCUT2D eigenvalue weighted by Gasteiger charge is -2.13. The topological polar surface area (TPSA) is 4.44 Å². The summed E-state index contributed by atoms with van der Waals surface area (Å²) >= 11 is 0. The minimum Gasteiger partial charge on any atom is -1.00 e. The Morgan fingerprint density at radius 1 is 0.640 bits per heavy atom. The Kier molecular flexibility index (Phi) is 17.9. The van der Waals surface area contributed by atoms with Gasteiger partial charge in [0.05, 0.1) is 20.1 Å².